The molecule has 2 rings (SSSR count). The fraction of sp³-hybridized carbons (Fsp3) is 0.688. The van der Waals surface area contributed by atoms with Crippen molar-refractivity contribution >= 4 is 23.4 Å². The topological polar surface area (TPSA) is 24.9 Å². The third-order valence-electron chi connectivity index (χ3n) is 4.02. The van der Waals surface area contributed by atoms with Gasteiger partial charge in [0.25, 0.3) is 0 Å². The Morgan fingerprint density at radius 3 is 2.90 bits per heavy atom. The second-order valence-electron chi connectivity index (χ2n) is 5.99. The van der Waals surface area contributed by atoms with Crippen LogP contribution in [0.5, 0.6) is 0 Å². The lowest BCUT2D eigenvalue weighted by Crippen LogP contribution is -2.46. The van der Waals surface area contributed by atoms with Gasteiger partial charge in [0.2, 0.25) is 0 Å². The van der Waals surface area contributed by atoms with Gasteiger partial charge < -0.3 is 5.32 Å². The Balaban J connectivity index is 2.10. The molecule has 2 nitrogen and oxygen atoms in total. The molecule has 1 N–H and O–H groups in total. The average molecular weight is 313 g/mol. The minimum Gasteiger partial charge on any atom is -0.313 e. The summed E-state index contributed by atoms with van der Waals surface area (Å²) in [6.45, 7) is 8.05. The minimum absolute atomic E-state index is 0.560. The Labute approximate surface area is 132 Å². The van der Waals surface area contributed by atoms with E-state index < -0.39 is 0 Å². The van der Waals surface area contributed by atoms with Crippen molar-refractivity contribution < 1.29 is 0 Å². The van der Waals surface area contributed by atoms with Gasteiger partial charge in [0, 0.05) is 17.5 Å². The van der Waals surface area contributed by atoms with Crippen molar-refractivity contribution in [3.8, 4) is 0 Å². The molecule has 0 aliphatic heterocycles. The summed E-state index contributed by atoms with van der Waals surface area (Å²) >= 11 is 8.12. The number of pyridine rings is 1. The molecule has 0 amide bonds. The highest BCUT2D eigenvalue weighted by Gasteiger charge is 2.34. The first-order valence-electron chi connectivity index (χ1n) is 7.62. The van der Waals surface area contributed by atoms with Crippen LogP contribution in [0.15, 0.2) is 23.4 Å². The highest BCUT2D eigenvalue weighted by molar-refractivity contribution is 8.00. The maximum atomic E-state index is 6.27. The summed E-state index contributed by atoms with van der Waals surface area (Å²) in [5.74, 6) is 1.49. The predicted octanol–water partition coefficient (Wildman–Crippen LogP) is 4.63. The Bertz CT molecular complexity index is 427. The van der Waals surface area contributed by atoms with Crippen molar-refractivity contribution in [1.82, 2.24) is 10.3 Å². The van der Waals surface area contributed by atoms with Gasteiger partial charge in [-0.05, 0) is 49.8 Å². The molecule has 1 aliphatic rings. The summed E-state index contributed by atoms with van der Waals surface area (Å²) in [5.41, 5.74) is 0. The molecule has 0 aromatic carbocycles. The van der Waals surface area contributed by atoms with Crippen molar-refractivity contribution in [3.63, 3.8) is 0 Å². The maximum Gasteiger partial charge on any atom is 0.115 e. The van der Waals surface area contributed by atoms with Gasteiger partial charge in [-0.1, -0.05) is 44.1 Å². The first kappa shape index (κ1) is 16.1. The van der Waals surface area contributed by atoms with Crippen LogP contribution in [0.25, 0.3) is 0 Å². The summed E-state index contributed by atoms with van der Waals surface area (Å²) in [5, 5.41) is 6.04. The highest BCUT2D eigenvalue weighted by atomic mass is 35.5. The first-order valence-corrected chi connectivity index (χ1v) is 8.88. The molecule has 0 spiro atoms. The number of nitrogens with zero attached hydrogens (tertiary/aromatic N) is 1. The van der Waals surface area contributed by atoms with Gasteiger partial charge in [-0.15, -0.1) is 0 Å². The monoisotopic (exact) mass is 312 g/mol. The van der Waals surface area contributed by atoms with E-state index in [4.69, 9.17) is 11.6 Å². The summed E-state index contributed by atoms with van der Waals surface area (Å²) in [6, 6.07) is 4.39. The van der Waals surface area contributed by atoms with Crippen LogP contribution in [0.4, 0.5) is 0 Å². The van der Waals surface area contributed by atoms with E-state index in [-0.39, 0.29) is 0 Å². The van der Waals surface area contributed by atoms with E-state index in [1.807, 2.05) is 30.1 Å². The van der Waals surface area contributed by atoms with Gasteiger partial charge in [0.1, 0.15) is 5.03 Å². The zero-order valence-electron chi connectivity index (χ0n) is 12.6. The third kappa shape index (κ3) is 4.12. The smallest absolute Gasteiger partial charge is 0.115 e. The van der Waals surface area contributed by atoms with Gasteiger partial charge in [-0.25, -0.2) is 4.98 Å². The normalized spacial score (nSPS) is 30.4. The molecule has 1 aromatic rings. The standard InChI is InChI=1S/C16H25ClN2S/c1-4-7-18-14-10-11(2)9-12(3)15(14)20-16-13(17)6-5-8-19-16/h5-6,8,11-12,14-15,18H,4,7,9-10H2,1-3H3. The van der Waals surface area contributed by atoms with Crippen molar-refractivity contribution in [2.24, 2.45) is 11.8 Å². The third-order valence-corrected chi connectivity index (χ3v) is 6.05. The summed E-state index contributed by atoms with van der Waals surface area (Å²) < 4.78 is 0. The van der Waals surface area contributed by atoms with E-state index in [2.05, 4.69) is 31.1 Å². The van der Waals surface area contributed by atoms with Crippen molar-refractivity contribution in [3.05, 3.63) is 23.4 Å². The van der Waals surface area contributed by atoms with E-state index in [0.29, 0.717) is 17.2 Å². The van der Waals surface area contributed by atoms with E-state index in [0.717, 1.165) is 22.5 Å². The SMILES string of the molecule is CCCNC1CC(C)CC(C)C1Sc1ncccc1Cl. The van der Waals surface area contributed by atoms with E-state index >= 15 is 0 Å². The molecule has 1 aliphatic carbocycles. The van der Waals surface area contributed by atoms with E-state index in [9.17, 15) is 0 Å². The number of hydrogen-bond acceptors (Lipinski definition) is 3. The number of nitrogens with one attached hydrogen (secondary N) is 1. The maximum absolute atomic E-state index is 6.27. The average Bonchev–Trinajstić information content (AvgIpc) is 2.41. The van der Waals surface area contributed by atoms with Crippen molar-refractivity contribution in [1.29, 1.82) is 0 Å². The van der Waals surface area contributed by atoms with Gasteiger partial charge in [-0.2, -0.15) is 0 Å². The van der Waals surface area contributed by atoms with Crippen LogP contribution in [0.1, 0.15) is 40.0 Å². The molecule has 0 radical (unpaired) electrons. The molecule has 4 unspecified atom stereocenters. The quantitative estimate of drug-likeness (QED) is 0.858. The largest absolute Gasteiger partial charge is 0.313 e. The molecule has 112 valence electrons. The minimum atomic E-state index is 0.560. The lowest BCUT2D eigenvalue weighted by molar-refractivity contribution is 0.249. The van der Waals surface area contributed by atoms with Gasteiger partial charge >= 0.3 is 0 Å². The van der Waals surface area contributed by atoms with Gasteiger partial charge in [0.15, 0.2) is 0 Å². The zero-order valence-corrected chi connectivity index (χ0v) is 14.2. The molecule has 1 fully saturated rings. The van der Waals surface area contributed by atoms with Crippen LogP contribution in [0.2, 0.25) is 5.02 Å². The number of aromatic nitrogens is 1. The van der Waals surface area contributed by atoms with Crippen LogP contribution in [-0.2, 0) is 0 Å². The van der Waals surface area contributed by atoms with Crippen molar-refractivity contribution in [2.45, 2.75) is 56.4 Å². The number of halogens is 1. The number of hydrogen-bond donors (Lipinski definition) is 1. The Morgan fingerprint density at radius 1 is 1.40 bits per heavy atom. The summed E-state index contributed by atoms with van der Waals surface area (Å²) in [6.07, 6.45) is 5.57. The molecule has 1 heterocycles. The molecule has 0 bridgehead atoms. The molecular formula is C16H25ClN2S. The number of rotatable bonds is 5. The molecule has 1 saturated carbocycles. The van der Waals surface area contributed by atoms with Gasteiger partial charge in [-0.3, -0.25) is 0 Å². The summed E-state index contributed by atoms with van der Waals surface area (Å²) in [4.78, 5) is 4.44. The fourth-order valence-electron chi connectivity index (χ4n) is 3.14. The Morgan fingerprint density at radius 2 is 2.20 bits per heavy atom. The molecular weight excluding hydrogens is 288 g/mol. The van der Waals surface area contributed by atoms with E-state index in [1.165, 1.54) is 19.3 Å². The molecule has 4 atom stereocenters. The lowest BCUT2D eigenvalue weighted by Gasteiger charge is -2.39. The summed E-state index contributed by atoms with van der Waals surface area (Å²) in [7, 11) is 0. The molecule has 20 heavy (non-hydrogen) atoms. The van der Waals surface area contributed by atoms with Gasteiger partial charge in [0.05, 0.1) is 5.02 Å². The number of thioether (sulfide) groups is 1. The highest BCUT2D eigenvalue weighted by Crippen LogP contribution is 2.40. The second kappa shape index (κ2) is 7.67. The van der Waals surface area contributed by atoms with Crippen LogP contribution >= 0.6 is 23.4 Å². The molecule has 0 saturated heterocycles. The lowest BCUT2D eigenvalue weighted by atomic mass is 9.80. The fourth-order valence-corrected chi connectivity index (χ4v) is 4.67. The van der Waals surface area contributed by atoms with Crippen LogP contribution in [0.3, 0.4) is 0 Å². The Kier molecular flexibility index (Phi) is 6.19. The second-order valence-corrected chi connectivity index (χ2v) is 7.56. The van der Waals surface area contributed by atoms with Crippen LogP contribution < -0.4 is 5.32 Å². The molecule has 4 heteroatoms. The molecule has 1 aromatic heterocycles. The first-order chi connectivity index (χ1) is 9.61. The van der Waals surface area contributed by atoms with Crippen molar-refractivity contribution in [2.75, 3.05) is 6.54 Å². The van der Waals surface area contributed by atoms with Crippen LogP contribution in [0, 0.1) is 11.8 Å². The van der Waals surface area contributed by atoms with E-state index in [1.54, 1.807) is 0 Å². The zero-order chi connectivity index (χ0) is 14.5. The predicted molar refractivity (Wildman–Crippen MR) is 88.5 cm³/mol. The van der Waals surface area contributed by atoms with Crippen LogP contribution in [-0.4, -0.2) is 22.8 Å². The Hall–Kier alpha value is -0.250.